The fourth-order valence-electron chi connectivity index (χ4n) is 1.44. The van der Waals surface area contributed by atoms with Gasteiger partial charge in [-0.25, -0.2) is 9.37 Å². The molecule has 1 aromatic heterocycles. The van der Waals surface area contributed by atoms with Crippen LogP contribution in [0.5, 0.6) is 0 Å². The number of thioether (sulfide) groups is 1. The van der Waals surface area contributed by atoms with E-state index in [-0.39, 0.29) is 17.5 Å². The predicted octanol–water partition coefficient (Wildman–Crippen LogP) is 3.26. The number of hydrogen-bond donors (Lipinski definition) is 1. The van der Waals surface area contributed by atoms with E-state index >= 15 is 0 Å². The summed E-state index contributed by atoms with van der Waals surface area (Å²) in [5, 5.41) is 3.43. The first-order valence-electron chi connectivity index (χ1n) is 5.74. The fourth-order valence-corrected chi connectivity index (χ4v) is 2.09. The van der Waals surface area contributed by atoms with Crippen molar-refractivity contribution in [3.8, 4) is 0 Å². The van der Waals surface area contributed by atoms with Gasteiger partial charge < -0.3 is 5.32 Å². The minimum absolute atomic E-state index is 0.182. The number of nitrogens with one attached hydrogen (secondary N) is 1. The number of aromatic nitrogens is 1. The van der Waals surface area contributed by atoms with Crippen LogP contribution in [0.4, 0.5) is 10.1 Å². The van der Waals surface area contributed by atoms with Gasteiger partial charge in [0.15, 0.2) is 0 Å². The van der Waals surface area contributed by atoms with E-state index in [1.807, 2.05) is 19.1 Å². The summed E-state index contributed by atoms with van der Waals surface area (Å²) < 4.78 is 12.9. The van der Waals surface area contributed by atoms with Gasteiger partial charge in [0.2, 0.25) is 5.91 Å². The molecule has 2 rings (SSSR count). The standard InChI is InChI=1S/C14H13FN2OS/c1-10-5-6-14(16-8-10)19-9-13(18)17-12-4-2-3-11(15)7-12/h2-8H,9H2,1H3,(H,17,18). The quantitative estimate of drug-likeness (QED) is 0.872. The van der Waals surface area contributed by atoms with Crippen LogP contribution >= 0.6 is 11.8 Å². The number of carbonyl (C=O) groups excluding carboxylic acids is 1. The van der Waals surface area contributed by atoms with Crippen molar-refractivity contribution >= 4 is 23.4 Å². The lowest BCUT2D eigenvalue weighted by Crippen LogP contribution is -2.14. The second-order valence-corrected chi connectivity index (χ2v) is 5.02. The van der Waals surface area contributed by atoms with Gasteiger partial charge in [0, 0.05) is 11.9 Å². The minimum atomic E-state index is -0.370. The zero-order valence-corrected chi connectivity index (χ0v) is 11.2. The van der Waals surface area contributed by atoms with Gasteiger partial charge in [0.1, 0.15) is 5.82 Å². The van der Waals surface area contributed by atoms with E-state index in [0.29, 0.717) is 5.69 Å². The van der Waals surface area contributed by atoms with Crippen LogP contribution in [-0.4, -0.2) is 16.6 Å². The molecule has 0 saturated carbocycles. The van der Waals surface area contributed by atoms with E-state index in [2.05, 4.69) is 10.3 Å². The summed E-state index contributed by atoms with van der Waals surface area (Å²) in [5.74, 6) is -0.310. The van der Waals surface area contributed by atoms with E-state index in [1.165, 1.54) is 23.9 Å². The summed E-state index contributed by atoms with van der Waals surface area (Å²) in [6.07, 6.45) is 1.76. The Kier molecular flexibility index (Phi) is 4.52. The van der Waals surface area contributed by atoms with Gasteiger partial charge in [0.25, 0.3) is 0 Å². The molecule has 0 aliphatic heterocycles. The molecular formula is C14H13FN2OS. The summed E-state index contributed by atoms with van der Waals surface area (Å²) in [5.41, 5.74) is 1.54. The first-order chi connectivity index (χ1) is 9.13. The lowest BCUT2D eigenvalue weighted by Gasteiger charge is -2.05. The minimum Gasteiger partial charge on any atom is -0.325 e. The van der Waals surface area contributed by atoms with E-state index in [9.17, 15) is 9.18 Å². The molecule has 1 amide bonds. The van der Waals surface area contributed by atoms with Crippen LogP contribution in [0, 0.1) is 12.7 Å². The summed E-state index contributed by atoms with van der Waals surface area (Å²) in [6.45, 7) is 1.96. The molecule has 2 aromatic rings. The molecule has 98 valence electrons. The van der Waals surface area contributed by atoms with Gasteiger partial charge in [-0.2, -0.15) is 0 Å². The van der Waals surface area contributed by atoms with Crippen molar-refractivity contribution in [1.82, 2.24) is 4.98 Å². The SMILES string of the molecule is Cc1ccc(SCC(=O)Nc2cccc(F)c2)nc1. The molecule has 0 unspecified atom stereocenters. The smallest absolute Gasteiger partial charge is 0.234 e. The molecular weight excluding hydrogens is 263 g/mol. The van der Waals surface area contributed by atoms with Gasteiger partial charge in [-0.15, -0.1) is 0 Å². The molecule has 0 aliphatic carbocycles. The van der Waals surface area contributed by atoms with Gasteiger partial charge in [-0.05, 0) is 36.8 Å². The lowest BCUT2D eigenvalue weighted by atomic mass is 10.3. The van der Waals surface area contributed by atoms with Crippen LogP contribution in [0.1, 0.15) is 5.56 Å². The molecule has 1 heterocycles. The summed E-state index contributed by atoms with van der Waals surface area (Å²) >= 11 is 1.34. The molecule has 1 aromatic carbocycles. The number of carbonyl (C=O) groups is 1. The van der Waals surface area contributed by atoms with Crippen molar-refractivity contribution in [2.45, 2.75) is 11.9 Å². The highest BCUT2D eigenvalue weighted by Gasteiger charge is 2.05. The van der Waals surface area contributed by atoms with E-state index in [4.69, 9.17) is 0 Å². The van der Waals surface area contributed by atoms with Crippen molar-refractivity contribution in [3.05, 3.63) is 54.0 Å². The predicted molar refractivity (Wildman–Crippen MR) is 74.7 cm³/mol. The van der Waals surface area contributed by atoms with Gasteiger partial charge >= 0.3 is 0 Å². The summed E-state index contributed by atoms with van der Waals surface area (Å²) in [6, 6.07) is 9.64. The Morgan fingerprint density at radius 1 is 1.37 bits per heavy atom. The highest BCUT2D eigenvalue weighted by atomic mass is 32.2. The van der Waals surface area contributed by atoms with Gasteiger partial charge in [0.05, 0.1) is 10.8 Å². The number of pyridine rings is 1. The van der Waals surface area contributed by atoms with E-state index in [0.717, 1.165) is 10.6 Å². The van der Waals surface area contributed by atoms with E-state index < -0.39 is 0 Å². The lowest BCUT2D eigenvalue weighted by molar-refractivity contribution is -0.113. The fraction of sp³-hybridized carbons (Fsp3) is 0.143. The molecule has 0 aliphatic rings. The molecule has 0 spiro atoms. The second-order valence-electron chi connectivity index (χ2n) is 4.02. The normalized spacial score (nSPS) is 10.2. The molecule has 0 bridgehead atoms. The average molecular weight is 276 g/mol. The number of amides is 1. The van der Waals surface area contributed by atoms with Crippen molar-refractivity contribution < 1.29 is 9.18 Å². The van der Waals surface area contributed by atoms with Gasteiger partial charge in [-0.1, -0.05) is 23.9 Å². The zero-order valence-electron chi connectivity index (χ0n) is 10.4. The molecule has 0 fully saturated rings. The number of rotatable bonds is 4. The number of aryl methyl sites for hydroxylation is 1. The van der Waals surface area contributed by atoms with Crippen LogP contribution in [0.25, 0.3) is 0 Å². The molecule has 19 heavy (non-hydrogen) atoms. The first kappa shape index (κ1) is 13.5. The highest BCUT2D eigenvalue weighted by Crippen LogP contribution is 2.16. The first-order valence-corrected chi connectivity index (χ1v) is 6.73. The van der Waals surface area contributed by atoms with Crippen molar-refractivity contribution in [1.29, 1.82) is 0 Å². The molecule has 0 atom stereocenters. The Labute approximate surface area is 115 Å². The largest absolute Gasteiger partial charge is 0.325 e. The Morgan fingerprint density at radius 3 is 2.89 bits per heavy atom. The summed E-state index contributed by atoms with van der Waals surface area (Å²) in [7, 11) is 0. The van der Waals surface area contributed by atoms with Crippen molar-refractivity contribution in [3.63, 3.8) is 0 Å². The van der Waals surface area contributed by atoms with Crippen LogP contribution < -0.4 is 5.32 Å². The third kappa shape index (κ3) is 4.37. The Morgan fingerprint density at radius 2 is 2.21 bits per heavy atom. The van der Waals surface area contributed by atoms with E-state index in [1.54, 1.807) is 18.3 Å². The number of anilines is 1. The zero-order chi connectivity index (χ0) is 13.7. The third-order valence-corrected chi connectivity index (χ3v) is 3.29. The maximum Gasteiger partial charge on any atom is 0.234 e. The van der Waals surface area contributed by atoms with Crippen molar-refractivity contribution in [2.75, 3.05) is 11.1 Å². The molecule has 1 N–H and O–H groups in total. The monoisotopic (exact) mass is 276 g/mol. The van der Waals surface area contributed by atoms with Crippen molar-refractivity contribution in [2.24, 2.45) is 0 Å². The number of nitrogens with zero attached hydrogens (tertiary/aromatic N) is 1. The molecule has 0 radical (unpaired) electrons. The van der Waals surface area contributed by atoms with Crippen LogP contribution in [-0.2, 0) is 4.79 Å². The summed E-state index contributed by atoms with van der Waals surface area (Å²) in [4.78, 5) is 15.9. The molecule has 5 heteroatoms. The maximum atomic E-state index is 12.9. The highest BCUT2D eigenvalue weighted by molar-refractivity contribution is 7.99. The average Bonchev–Trinajstić information content (AvgIpc) is 2.38. The van der Waals surface area contributed by atoms with Crippen LogP contribution in [0.15, 0.2) is 47.6 Å². The molecule has 3 nitrogen and oxygen atoms in total. The number of hydrogen-bond acceptors (Lipinski definition) is 3. The topological polar surface area (TPSA) is 42.0 Å². The number of benzene rings is 1. The Bertz CT molecular complexity index is 572. The second kappa shape index (κ2) is 6.33. The maximum absolute atomic E-state index is 12.9. The molecule has 0 saturated heterocycles. The number of halogens is 1. The van der Waals surface area contributed by atoms with Crippen LogP contribution in [0.3, 0.4) is 0 Å². The Balaban J connectivity index is 1.86. The third-order valence-electron chi connectivity index (χ3n) is 2.34. The Hall–Kier alpha value is -1.88. The van der Waals surface area contributed by atoms with Crippen LogP contribution in [0.2, 0.25) is 0 Å². The van der Waals surface area contributed by atoms with Gasteiger partial charge in [-0.3, -0.25) is 4.79 Å².